The predicted octanol–water partition coefficient (Wildman–Crippen LogP) is -0.924. The number of nitrogens with zero attached hydrogens (tertiary/aromatic N) is 3. The minimum atomic E-state index is -1.13. The van der Waals surface area contributed by atoms with Crippen LogP contribution in [0.1, 0.15) is 39.4 Å². The second-order valence-corrected chi connectivity index (χ2v) is 7.12. The van der Waals surface area contributed by atoms with Gasteiger partial charge in [-0.2, -0.15) is 0 Å². The first kappa shape index (κ1) is 23.4. The van der Waals surface area contributed by atoms with Gasteiger partial charge in [-0.1, -0.05) is 0 Å². The van der Waals surface area contributed by atoms with E-state index >= 15 is 0 Å². The third-order valence-corrected chi connectivity index (χ3v) is 3.64. The van der Waals surface area contributed by atoms with E-state index in [0.717, 1.165) is 0 Å². The van der Waals surface area contributed by atoms with E-state index in [2.05, 4.69) is 4.98 Å². The molecule has 0 fully saturated rings. The average molecular weight is 387 g/mol. The average Bonchev–Trinajstić information content (AvgIpc) is 2.81. The molecule has 27 heavy (non-hydrogen) atoms. The Morgan fingerprint density at radius 2 is 2.00 bits per heavy atom. The van der Waals surface area contributed by atoms with Crippen molar-refractivity contribution >= 4 is 23.1 Å². The smallest absolute Gasteiger partial charge is 0.550 e. The van der Waals surface area contributed by atoms with Gasteiger partial charge in [-0.3, -0.25) is 0 Å². The minimum Gasteiger partial charge on any atom is -0.550 e. The number of benzene rings is 1. The SMILES string of the molecule is CN(Cc1nc2cc(F)ccc2n1CCCC(=O)[O-])C(=O)OC(C)(C)C.[Na+]. The summed E-state index contributed by atoms with van der Waals surface area (Å²) in [5, 5.41) is 10.7. The van der Waals surface area contributed by atoms with Crippen LogP contribution in [0.25, 0.3) is 11.0 Å². The molecule has 0 aliphatic carbocycles. The Hall–Kier alpha value is -1.64. The molecule has 9 heteroatoms. The van der Waals surface area contributed by atoms with Crippen LogP contribution in [0.15, 0.2) is 18.2 Å². The van der Waals surface area contributed by atoms with Gasteiger partial charge in [0.2, 0.25) is 0 Å². The van der Waals surface area contributed by atoms with Crippen LogP contribution in [-0.2, 0) is 22.6 Å². The number of imidazole rings is 1. The molecule has 7 nitrogen and oxygen atoms in total. The van der Waals surface area contributed by atoms with Crippen molar-refractivity contribution in [3.8, 4) is 0 Å². The van der Waals surface area contributed by atoms with Crippen molar-refractivity contribution in [3.63, 3.8) is 0 Å². The number of halogens is 1. The van der Waals surface area contributed by atoms with Gasteiger partial charge in [-0.15, -0.1) is 0 Å². The molecular formula is C18H23FN3NaO4. The summed E-state index contributed by atoms with van der Waals surface area (Å²) in [6, 6.07) is 4.22. The Bertz CT molecular complexity index is 817. The van der Waals surface area contributed by atoms with Gasteiger partial charge in [-0.05, 0) is 45.7 Å². The molecule has 0 saturated heterocycles. The molecule has 0 radical (unpaired) electrons. The number of carboxylic acid groups (broad SMARTS) is 1. The summed E-state index contributed by atoms with van der Waals surface area (Å²) in [5.74, 6) is -1.02. The van der Waals surface area contributed by atoms with E-state index in [9.17, 15) is 19.1 Å². The number of hydrogen-bond donors (Lipinski definition) is 0. The molecule has 142 valence electrons. The summed E-state index contributed by atoms with van der Waals surface area (Å²) in [6.07, 6.45) is -0.256. The van der Waals surface area contributed by atoms with Crippen molar-refractivity contribution in [2.75, 3.05) is 7.05 Å². The maximum atomic E-state index is 13.5. The fourth-order valence-electron chi connectivity index (χ4n) is 2.52. The Kier molecular flexibility index (Phi) is 8.25. The molecule has 0 atom stereocenters. The number of aromatic nitrogens is 2. The van der Waals surface area contributed by atoms with Crippen molar-refractivity contribution < 1.29 is 53.4 Å². The molecule has 0 N–H and O–H groups in total. The summed E-state index contributed by atoms with van der Waals surface area (Å²) >= 11 is 0. The molecule has 1 aromatic heterocycles. The Morgan fingerprint density at radius 3 is 2.59 bits per heavy atom. The van der Waals surface area contributed by atoms with Crippen LogP contribution in [0, 0.1) is 5.82 Å². The van der Waals surface area contributed by atoms with Gasteiger partial charge >= 0.3 is 35.7 Å². The number of amides is 1. The molecule has 2 rings (SSSR count). The van der Waals surface area contributed by atoms with Crippen LogP contribution in [-0.4, -0.2) is 39.2 Å². The summed E-state index contributed by atoms with van der Waals surface area (Å²) in [5.41, 5.74) is 0.506. The molecule has 0 bridgehead atoms. The number of rotatable bonds is 6. The van der Waals surface area contributed by atoms with Gasteiger partial charge in [0, 0.05) is 25.6 Å². The van der Waals surface area contributed by atoms with Crippen LogP contribution in [0.3, 0.4) is 0 Å². The number of fused-ring (bicyclic) bond motifs is 1. The first-order chi connectivity index (χ1) is 12.1. The standard InChI is InChI=1S/C18H24FN3O4.Na/c1-18(2,3)26-17(25)21(4)11-15-20-13-10-12(19)7-8-14(13)22(15)9-5-6-16(23)24;/h7-8,10H,5-6,9,11H2,1-4H3,(H,23,24);/q;+1/p-1. The summed E-state index contributed by atoms with van der Waals surface area (Å²) < 4.78 is 20.6. The number of hydrogen-bond acceptors (Lipinski definition) is 5. The quantitative estimate of drug-likeness (QED) is 0.598. The molecule has 0 spiro atoms. The van der Waals surface area contributed by atoms with Crippen LogP contribution in [0.2, 0.25) is 0 Å². The topological polar surface area (TPSA) is 87.5 Å². The van der Waals surface area contributed by atoms with Crippen LogP contribution in [0.4, 0.5) is 9.18 Å². The molecule has 2 aromatic rings. The van der Waals surface area contributed by atoms with Crippen molar-refractivity contribution in [3.05, 3.63) is 29.8 Å². The minimum absolute atomic E-state index is 0. The van der Waals surface area contributed by atoms with Gasteiger partial charge in [0.15, 0.2) is 0 Å². The monoisotopic (exact) mass is 387 g/mol. The normalized spacial score (nSPS) is 11.1. The molecule has 0 aliphatic rings. The number of ether oxygens (including phenoxy) is 1. The van der Waals surface area contributed by atoms with E-state index in [-0.39, 0.29) is 42.5 Å². The van der Waals surface area contributed by atoms with E-state index in [1.54, 1.807) is 38.5 Å². The maximum Gasteiger partial charge on any atom is 1.00 e. The second kappa shape index (κ2) is 9.52. The van der Waals surface area contributed by atoms with Gasteiger partial charge in [0.25, 0.3) is 0 Å². The Morgan fingerprint density at radius 1 is 1.33 bits per heavy atom. The van der Waals surface area contributed by atoms with E-state index in [1.165, 1.54) is 17.0 Å². The van der Waals surface area contributed by atoms with Gasteiger partial charge in [-0.25, -0.2) is 14.2 Å². The largest absolute Gasteiger partial charge is 1.00 e. The number of carbonyl (C=O) groups is 2. The second-order valence-electron chi connectivity index (χ2n) is 7.12. The number of aliphatic carboxylic acids is 1. The summed E-state index contributed by atoms with van der Waals surface area (Å²) in [4.78, 5) is 28.6. The van der Waals surface area contributed by atoms with Crippen LogP contribution < -0.4 is 34.7 Å². The van der Waals surface area contributed by atoms with Crippen molar-refractivity contribution in [1.29, 1.82) is 0 Å². The van der Waals surface area contributed by atoms with Crippen molar-refractivity contribution in [2.24, 2.45) is 0 Å². The first-order valence-electron chi connectivity index (χ1n) is 8.35. The number of carbonyl (C=O) groups excluding carboxylic acids is 2. The van der Waals surface area contributed by atoms with Crippen LogP contribution >= 0.6 is 0 Å². The zero-order valence-corrected chi connectivity index (χ0v) is 18.4. The fourth-order valence-corrected chi connectivity index (χ4v) is 2.52. The molecule has 1 amide bonds. The van der Waals surface area contributed by atoms with E-state index in [1.807, 2.05) is 0 Å². The molecule has 1 aromatic carbocycles. The third-order valence-electron chi connectivity index (χ3n) is 3.64. The maximum absolute atomic E-state index is 13.5. The molecule has 0 unspecified atom stereocenters. The molecule has 0 saturated carbocycles. The summed E-state index contributed by atoms with van der Waals surface area (Å²) in [6.45, 7) is 5.84. The van der Waals surface area contributed by atoms with Crippen LogP contribution in [0.5, 0.6) is 0 Å². The first-order valence-corrected chi connectivity index (χ1v) is 8.35. The van der Waals surface area contributed by atoms with Crippen molar-refractivity contribution in [1.82, 2.24) is 14.5 Å². The van der Waals surface area contributed by atoms with Gasteiger partial charge in [0.1, 0.15) is 17.2 Å². The zero-order chi connectivity index (χ0) is 19.5. The molecule has 1 heterocycles. The summed E-state index contributed by atoms with van der Waals surface area (Å²) in [7, 11) is 1.58. The van der Waals surface area contributed by atoms with Gasteiger partial charge < -0.3 is 24.1 Å². The van der Waals surface area contributed by atoms with E-state index in [0.29, 0.717) is 29.8 Å². The Balaban J connectivity index is 0.00000364. The van der Waals surface area contributed by atoms with Gasteiger partial charge in [0.05, 0.1) is 17.6 Å². The number of carboxylic acids is 1. The molecule has 0 aliphatic heterocycles. The van der Waals surface area contributed by atoms with E-state index < -0.39 is 23.5 Å². The fraction of sp³-hybridized carbons (Fsp3) is 0.500. The zero-order valence-electron chi connectivity index (χ0n) is 16.4. The van der Waals surface area contributed by atoms with Crippen molar-refractivity contribution in [2.45, 2.75) is 52.3 Å². The predicted molar refractivity (Wildman–Crippen MR) is 91.6 cm³/mol. The molecular weight excluding hydrogens is 364 g/mol. The third kappa shape index (κ3) is 6.79. The Labute approximate surface area is 179 Å². The number of aryl methyl sites for hydroxylation is 1. The van der Waals surface area contributed by atoms with E-state index in [4.69, 9.17) is 4.74 Å².